The Hall–Kier alpha value is -2.45. The summed E-state index contributed by atoms with van der Waals surface area (Å²) in [4.78, 5) is 61.0. The van der Waals surface area contributed by atoms with E-state index >= 15 is 0 Å². The lowest BCUT2D eigenvalue weighted by Gasteiger charge is -2.25. The average molecular weight is 383 g/mol. The van der Waals surface area contributed by atoms with Gasteiger partial charge in [0.15, 0.2) is 0 Å². The number of ether oxygens (including phenoxy) is 1. The first-order valence-electron chi connectivity index (χ1n) is 9.01. The maximum atomic E-state index is 12.6. The van der Waals surface area contributed by atoms with Gasteiger partial charge in [-0.3, -0.25) is 19.2 Å². The number of alkyl carbamates (subject to hydrolysis) is 1. The lowest BCUT2D eigenvalue weighted by atomic mass is 10.0. The molecule has 2 N–H and O–H groups in total. The van der Waals surface area contributed by atoms with Crippen molar-refractivity contribution < 1.29 is 28.7 Å². The van der Waals surface area contributed by atoms with Crippen LogP contribution in [0.4, 0.5) is 4.79 Å². The topological polar surface area (TPSA) is 122 Å². The van der Waals surface area contributed by atoms with Crippen LogP contribution in [0, 0.1) is 5.92 Å². The first-order valence-corrected chi connectivity index (χ1v) is 9.01. The van der Waals surface area contributed by atoms with Crippen molar-refractivity contribution in [3.05, 3.63) is 0 Å². The third kappa shape index (κ3) is 6.99. The summed E-state index contributed by atoms with van der Waals surface area (Å²) in [6.07, 6.45) is -0.532. The molecule has 0 spiro atoms. The van der Waals surface area contributed by atoms with Crippen LogP contribution in [-0.2, 0) is 23.9 Å². The number of carbonyl (C=O) groups excluding carboxylic acids is 5. The third-order valence-corrected chi connectivity index (χ3v) is 3.72. The molecule has 152 valence electrons. The molecular formula is C18H29N3O6. The van der Waals surface area contributed by atoms with Crippen LogP contribution in [0.2, 0.25) is 0 Å². The standard InChI is InChI=1S/C18H29N3O6/c1-10(2)9-12(16(25)21-13(22)7-8-14(21)23)20-15(24)11(3)19-17(26)27-18(4,5)6/h10-12H,7-9H2,1-6H3,(H,19,26)(H,20,24)/t11-,12-/m0/s1. The van der Waals surface area contributed by atoms with Crippen LogP contribution in [-0.4, -0.2) is 52.3 Å². The van der Waals surface area contributed by atoms with Crippen LogP contribution in [0.15, 0.2) is 0 Å². The molecule has 0 radical (unpaired) electrons. The Labute approximate surface area is 159 Å². The van der Waals surface area contributed by atoms with E-state index in [1.54, 1.807) is 20.8 Å². The molecule has 9 heteroatoms. The highest BCUT2D eigenvalue weighted by Crippen LogP contribution is 2.16. The lowest BCUT2D eigenvalue weighted by molar-refractivity contribution is -0.151. The normalized spacial score (nSPS) is 16.9. The minimum atomic E-state index is -1.04. The summed E-state index contributed by atoms with van der Waals surface area (Å²) in [6.45, 7) is 10.2. The van der Waals surface area contributed by atoms with Crippen molar-refractivity contribution >= 4 is 29.7 Å². The van der Waals surface area contributed by atoms with Crippen molar-refractivity contribution in [3.63, 3.8) is 0 Å². The van der Waals surface area contributed by atoms with Crippen LogP contribution >= 0.6 is 0 Å². The van der Waals surface area contributed by atoms with Crippen molar-refractivity contribution in [3.8, 4) is 0 Å². The van der Waals surface area contributed by atoms with Crippen molar-refractivity contribution in [2.45, 2.75) is 78.5 Å². The van der Waals surface area contributed by atoms with Gasteiger partial charge in [-0.2, -0.15) is 0 Å². The van der Waals surface area contributed by atoms with Crippen LogP contribution in [0.1, 0.15) is 60.8 Å². The van der Waals surface area contributed by atoms with Gasteiger partial charge in [-0.15, -0.1) is 0 Å². The summed E-state index contributed by atoms with van der Waals surface area (Å²) in [5, 5.41) is 4.92. The highest BCUT2D eigenvalue weighted by atomic mass is 16.6. The number of nitrogens with zero attached hydrogens (tertiary/aromatic N) is 1. The fraction of sp³-hybridized carbons (Fsp3) is 0.722. The van der Waals surface area contributed by atoms with Gasteiger partial charge in [-0.25, -0.2) is 9.69 Å². The van der Waals surface area contributed by atoms with Gasteiger partial charge >= 0.3 is 6.09 Å². The molecule has 1 saturated heterocycles. The number of imide groups is 3. The Bertz CT molecular complexity index is 607. The SMILES string of the molecule is CC(C)C[C@H](NC(=O)[C@H](C)NC(=O)OC(C)(C)C)C(=O)N1C(=O)CCC1=O. The number of likely N-dealkylation sites (tertiary alicyclic amines) is 1. The lowest BCUT2D eigenvalue weighted by Crippen LogP contribution is -2.55. The van der Waals surface area contributed by atoms with Crippen molar-refractivity contribution in [2.24, 2.45) is 5.92 Å². The van der Waals surface area contributed by atoms with E-state index in [9.17, 15) is 24.0 Å². The predicted octanol–water partition coefficient (Wildman–Crippen LogP) is 1.11. The number of hydrogen-bond acceptors (Lipinski definition) is 6. The highest BCUT2D eigenvalue weighted by molar-refractivity contribution is 6.16. The van der Waals surface area contributed by atoms with Crippen LogP contribution < -0.4 is 10.6 Å². The minimum absolute atomic E-state index is 0.0104. The van der Waals surface area contributed by atoms with E-state index in [1.165, 1.54) is 6.92 Å². The monoisotopic (exact) mass is 383 g/mol. The molecule has 9 nitrogen and oxygen atoms in total. The van der Waals surface area contributed by atoms with Gasteiger partial charge in [0.1, 0.15) is 17.7 Å². The largest absolute Gasteiger partial charge is 0.444 e. The zero-order valence-corrected chi connectivity index (χ0v) is 16.8. The smallest absolute Gasteiger partial charge is 0.408 e. The third-order valence-electron chi connectivity index (χ3n) is 3.72. The quantitative estimate of drug-likeness (QED) is 0.663. The van der Waals surface area contributed by atoms with E-state index in [0.717, 1.165) is 0 Å². The van der Waals surface area contributed by atoms with E-state index in [2.05, 4.69) is 10.6 Å². The van der Waals surface area contributed by atoms with Gasteiger partial charge in [0.05, 0.1) is 0 Å². The second kappa shape index (κ2) is 8.96. The highest BCUT2D eigenvalue weighted by Gasteiger charge is 2.39. The summed E-state index contributed by atoms with van der Waals surface area (Å²) in [5.41, 5.74) is -0.715. The fourth-order valence-electron chi connectivity index (χ4n) is 2.52. The Morgan fingerprint density at radius 2 is 1.56 bits per heavy atom. The Kier molecular flexibility index (Phi) is 7.50. The molecule has 0 unspecified atom stereocenters. The zero-order chi connectivity index (χ0) is 20.9. The van der Waals surface area contributed by atoms with Crippen molar-refractivity contribution in [1.29, 1.82) is 0 Å². The maximum Gasteiger partial charge on any atom is 0.408 e. The Morgan fingerprint density at radius 3 is 2.00 bits per heavy atom. The average Bonchev–Trinajstić information content (AvgIpc) is 2.82. The van der Waals surface area contributed by atoms with Crippen LogP contribution in [0.25, 0.3) is 0 Å². The molecular weight excluding hydrogens is 354 g/mol. The first-order chi connectivity index (χ1) is 12.3. The van der Waals surface area contributed by atoms with Gasteiger partial charge in [0, 0.05) is 12.8 Å². The Morgan fingerprint density at radius 1 is 1.04 bits per heavy atom. The molecule has 0 aromatic carbocycles. The summed E-state index contributed by atoms with van der Waals surface area (Å²) >= 11 is 0. The number of nitrogens with one attached hydrogen (secondary N) is 2. The molecule has 5 amide bonds. The van der Waals surface area contributed by atoms with E-state index in [1.807, 2.05) is 13.8 Å². The van der Waals surface area contributed by atoms with E-state index in [4.69, 9.17) is 4.74 Å². The second-order valence-electron chi connectivity index (χ2n) is 8.02. The fourth-order valence-corrected chi connectivity index (χ4v) is 2.52. The molecule has 1 rings (SSSR count). The molecule has 1 aliphatic heterocycles. The minimum Gasteiger partial charge on any atom is -0.444 e. The van der Waals surface area contributed by atoms with Gasteiger partial charge in [0.25, 0.3) is 5.91 Å². The summed E-state index contributed by atoms with van der Waals surface area (Å²) < 4.78 is 5.09. The molecule has 1 fully saturated rings. The number of carbonyl (C=O) groups is 5. The second-order valence-corrected chi connectivity index (χ2v) is 8.02. The molecule has 0 bridgehead atoms. The summed E-state index contributed by atoms with van der Waals surface area (Å²) in [6, 6.07) is -2.00. The van der Waals surface area contributed by atoms with E-state index in [0.29, 0.717) is 4.90 Å². The molecule has 0 aliphatic carbocycles. The molecule has 0 saturated carbocycles. The van der Waals surface area contributed by atoms with Gasteiger partial charge in [0.2, 0.25) is 17.7 Å². The van der Waals surface area contributed by atoms with Crippen LogP contribution in [0.3, 0.4) is 0 Å². The number of hydrogen-bond donors (Lipinski definition) is 2. The molecule has 27 heavy (non-hydrogen) atoms. The summed E-state index contributed by atoms with van der Waals surface area (Å²) in [7, 11) is 0. The number of amides is 5. The number of rotatable bonds is 6. The van der Waals surface area contributed by atoms with Crippen LogP contribution in [0.5, 0.6) is 0 Å². The first kappa shape index (κ1) is 22.6. The maximum absolute atomic E-state index is 12.6. The van der Waals surface area contributed by atoms with Gasteiger partial charge < -0.3 is 15.4 Å². The molecule has 1 heterocycles. The van der Waals surface area contributed by atoms with Crippen molar-refractivity contribution in [2.75, 3.05) is 0 Å². The summed E-state index contributed by atoms with van der Waals surface area (Å²) in [5.74, 6) is -2.45. The molecule has 0 aromatic rings. The molecule has 1 aliphatic rings. The zero-order valence-electron chi connectivity index (χ0n) is 16.8. The predicted molar refractivity (Wildman–Crippen MR) is 96.3 cm³/mol. The van der Waals surface area contributed by atoms with Crippen molar-refractivity contribution in [1.82, 2.24) is 15.5 Å². The van der Waals surface area contributed by atoms with E-state index < -0.39 is 47.4 Å². The molecule has 0 aromatic heterocycles. The van der Waals surface area contributed by atoms with Gasteiger partial charge in [-0.05, 0) is 40.0 Å². The van der Waals surface area contributed by atoms with E-state index in [-0.39, 0.29) is 25.2 Å². The Balaban J connectivity index is 2.79. The molecule has 2 atom stereocenters. The van der Waals surface area contributed by atoms with Gasteiger partial charge in [-0.1, -0.05) is 13.8 Å².